The summed E-state index contributed by atoms with van der Waals surface area (Å²) in [6.45, 7) is 5.08. The number of anilines is 1. The Morgan fingerprint density at radius 1 is 1.44 bits per heavy atom. The van der Waals surface area contributed by atoms with Crippen molar-refractivity contribution in [2.75, 3.05) is 18.0 Å². The average Bonchev–Trinajstić information content (AvgIpc) is 2.37. The van der Waals surface area contributed by atoms with Crippen molar-refractivity contribution >= 4 is 17.5 Å². The normalized spacial score (nSPS) is 14.3. The lowest BCUT2D eigenvalue weighted by Gasteiger charge is -2.29. The summed E-state index contributed by atoms with van der Waals surface area (Å²) in [4.78, 5) is 25.5. The molecule has 0 aromatic heterocycles. The summed E-state index contributed by atoms with van der Waals surface area (Å²) in [5.41, 5.74) is 2.43. The number of urea groups is 1. The van der Waals surface area contributed by atoms with Crippen LogP contribution in [0.2, 0.25) is 0 Å². The van der Waals surface area contributed by atoms with Gasteiger partial charge in [0, 0.05) is 25.1 Å². The van der Waals surface area contributed by atoms with Crippen molar-refractivity contribution in [2.45, 2.75) is 26.7 Å². The number of carbonyl (C=O) groups is 2. The lowest BCUT2D eigenvalue weighted by molar-refractivity contribution is 0.0981. The predicted molar refractivity (Wildman–Crippen MR) is 71.2 cm³/mol. The molecule has 2 rings (SSSR count). The van der Waals surface area contributed by atoms with Gasteiger partial charge in [0.25, 0.3) is 0 Å². The van der Waals surface area contributed by atoms with Gasteiger partial charge in [-0.1, -0.05) is 18.6 Å². The van der Waals surface area contributed by atoms with Crippen LogP contribution in [-0.2, 0) is 0 Å². The molecule has 1 aromatic rings. The second kappa shape index (κ2) is 5.21. The number of amides is 2. The predicted octanol–water partition coefficient (Wildman–Crippen LogP) is 2.51. The molecule has 1 N–H and O–H groups in total. The van der Waals surface area contributed by atoms with Gasteiger partial charge in [-0.3, -0.25) is 9.69 Å². The van der Waals surface area contributed by atoms with Crippen molar-refractivity contribution < 1.29 is 9.59 Å². The molecule has 0 saturated heterocycles. The van der Waals surface area contributed by atoms with Crippen molar-refractivity contribution in [3.63, 3.8) is 0 Å². The van der Waals surface area contributed by atoms with Crippen molar-refractivity contribution in [2.24, 2.45) is 0 Å². The number of nitrogens with one attached hydrogen (secondary N) is 1. The van der Waals surface area contributed by atoms with Crippen molar-refractivity contribution in [3.05, 3.63) is 29.3 Å². The highest BCUT2D eigenvalue weighted by Crippen LogP contribution is 2.27. The van der Waals surface area contributed by atoms with E-state index in [-0.39, 0.29) is 11.8 Å². The van der Waals surface area contributed by atoms with Crippen molar-refractivity contribution in [3.8, 4) is 0 Å². The third-order valence-electron chi connectivity index (χ3n) is 3.08. The zero-order chi connectivity index (χ0) is 13.1. The van der Waals surface area contributed by atoms with E-state index in [9.17, 15) is 9.59 Å². The van der Waals surface area contributed by atoms with Gasteiger partial charge in [-0.05, 0) is 25.5 Å². The first kappa shape index (κ1) is 12.6. The minimum Gasteiger partial charge on any atom is -0.338 e. The third kappa shape index (κ3) is 2.37. The van der Waals surface area contributed by atoms with Crippen LogP contribution >= 0.6 is 0 Å². The molecule has 0 unspecified atom stereocenters. The number of benzene rings is 1. The van der Waals surface area contributed by atoms with Crippen LogP contribution in [0.1, 0.15) is 35.7 Å². The molecule has 96 valence electrons. The van der Waals surface area contributed by atoms with E-state index in [0.717, 1.165) is 17.7 Å². The van der Waals surface area contributed by atoms with Crippen LogP contribution in [0.25, 0.3) is 0 Å². The zero-order valence-electron chi connectivity index (χ0n) is 10.8. The summed E-state index contributed by atoms with van der Waals surface area (Å²) in [6, 6.07) is 5.52. The molecule has 0 spiro atoms. The average molecular weight is 246 g/mol. The third-order valence-corrected chi connectivity index (χ3v) is 3.08. The lowest BCUT2D eigenvalue weighted by atomic mass is 9.98. The first-order valence-corrected chi connectivity index (χ1v) is 6.32. The molecule has 0 saturated carbocycles. The number of fused-ring (bicyclic) bond motifs is 1. The molecular formula is C14H18N2O2. The minimum absolute atomic E-state index is 0.116. The van der Waals surface area contributed by atoms with Crippen LogP contribution in [0.4, 0.5) is 10.5 Å². The largest absolute Gasteiger partial charge is 0.338 e. The number of carbonyl (C=O) groups excluding carboxylic acids is 2. The Morgan fingerprint density at radius 3 is 2.94 bits per heavy atom. The molecule has 4 heteroatoms. The fourth-order valence-electron chi connectivity index (χ4n) is 2.12. The number of rotatable bonds is 2. The molecule has 1 aliphatic rings. The van der Waals surface area contributed by atoms with Gasteiger partial charge in [0.2, 0.25) is 0 Å². The van der Waals surface area contributed by atoms with E-state index in [1.807, 2.05) is 32.0 Å². The Balaban J connectivity index is 2.29. The smallest absolute Gasteiger partial charge is 0.321 e. The van der Waals surface area contributed by atoms with Gasteiger partial charge in [-0.15, -0.1) is 0 Å². The monoisotopic (exact) mass is 246 g/mol. The maximum absolute atomic E-state index is 12.0. The van der Waals surface area contributed by atoms with E-state index in [2.05, 4.69) is 5.32 Å². The summed E-state index contributed by atoms with van der Waals surface area (Å²) in [5.74, 6) is 0.119. The molecular weight excluding hydrogens is 228 g/mol. The van der Waals surface area contributed by atoms with Gasteiger partial charge in [-0.2, -0.15) is 0 Å². The van der Waals surface area contributed by atoms with Crippen LogP contribution in [0, 0.1) is 6.92 Å². The van der Waals surface area contributed by atoms with Crippen LogP contribution in [0.3, 0.4) is 0 Å². The molecule has 2 amide bonds. The Kier molecular flexibility index (Phi) is 3.65. The molecule has 0 atom stereocenters. The quantitative estimate of drug-likeness (QED) is 0.871. The number of hydrogen-bond donors (Lipinski definition) is 1. The first-order valence-electron chi connectivity index (χ1n) is 6.32. The zero-order valence-corrected chi connectivity index (χ0v) is 10.8. The topological polar surface area (TPSA) is 49.4 Å². The minimum atomic E-state index is -0.116. The second-order valence-corrected chi connectivity index (χ2v) is 4.58. The molecule has 0 fully saturated rings. The highest BCUT2D eigenvalue weighted by molar-refractivity contribution is 6.08. The molecule has 18 heavy (non-hydrogen) atoms. The number of Topliss-reactive ketones (excluding diaryl/α,β-unsaturated/α-hetero) is 1. The number of aryl methyl sites for hydroxylation is 1. The van der Waals surface area contributed by atoms with Crippen molar-refractivity contribution in [1.29, 1.82) is 0 Å². The van der Waals surface area contributed by atoms with Crippen LogP contribution in [0.5, 0.6) is 0 Å². The van der Waals surface area contributed by atoms with Crippen LogP contribution in [0.15, 0.2) is 18.2 Å². The molecule has 0 radical (unpaired) electrons. The van der Waals surface area contributed by atoms with Crippen LogP contribution < -0.4 is 10.2 Å². The van der Waals surface area contributed by atoms with Crippen LogP contribution in [-0.4, -0.2) is 24.9 Å². The highest BCUT2D eigenvalue weighted by Gasteiger charge is 2.26. The lowest BCUT2D eigenvalue weighted by Crippen LogP contribution is -2.44. The number of ketones is 1. The van der Waals surface area contributed by atoms with E-state index >= 15 is 0 Å². The van der Waals surface area contributed by atoms with Gasteiger partial charge < -0.3 is 5.32 Å². The Bertz CT molecular complexity index is 483. The van der Waals surface area contributed by atoms with Gasteiger partial charge in [-0.25, -0.2) is 4.79 Å². The Labute approximate surface area is 107 Å². The first-order chi connectivity index (χ1) is 8.63. The van der Waals surface area contributed by atoms with E-state index in [0.29, 0.717) is 25.1 Å². The Morgan fingerprint density at radius 2 is 2.22 bits per heavy atom. The van der Waals surface area contributed by atoms with E-state index in [1.54, 1.807) is 4.90 Å². The summed E-state index contributed by atoms with van der Waals surface area (Å²) in [6.07, 6.45) is 1.30. The maximum atomic E-state index is 12.0. The van der Waals surface area contributed by atoms with Gasteiger partial charge in [0.1, 0.15) is 0 Å². The van der Waals surface area contributed by atoms with E-state index < -0.39 is 0 Å². The van der Waals surface area contributed by atoms with Gasteiger partial charge in [0.15, 0.2) is 5.78 Å². The Hall–Kier alpha value is -1.84. The number of nitrogens with zero attached hydrogens (tertiary/aromatic N) is 1. The maximum Gasteiger partial charge on any atom is 0.321 e. The summed E-state index contributed by atoms with van der Waals surface area (Å²) < 4.78 is 0. The summed E-state index contributed by atoms with van der Waals surface area (Å²) in [7, 11) is 0. The van der Waals surface area contributed by atoms with Gasteiger partial charge >= 0.3 is 6.03 Å². The molecule has 0 aliphatic carbocycles. The molecule has 1 aromatic carbocycles. The summed E-state index contributed by atoms with van der Waals surface area (Å²) >= 11 is 0. The number of hydrogen-bond acceptors (Lipinski definition) is 2. The van der Waals surface area contributed by atoms with E-state index in [1.165, 1.54) is 0 Å². The molecule has 0 bridgehead atoms. The van der Waals surface area contributed by atoms with E-state index in [4.69, 9.17) is 0 Å². The fourth-order valence-corrected chi connectivity index (χ4v) is 2.12. The summed E-state index contributed by atoms with van der Waals surface area (Å²) in [5, 5.41) is 2.85. The molecule has 1 heterocycles. The highest BCUT2D eigenvalue weighted by atomic mass is 16.2. The van der Waals surface area contributed by atoms with Crippen molar-refractivity contribution in [1.82, 2.24) is 5.32 Å². The van der Waals surface area contributed by atoms with Gasteiger partial charge in [0.05, 0.1) is 5.69 Å². The molecule has 1 aliphatic heterocycles. The second-order valence-electron chi connectivity index (χ2n) is 4.58. The standard InChI is InChI=1S/C14H18N2O2/c1-3-7-15-14(18)16-8-6-13(17)11-9-10(2)4-5-12(11)16/h4-5,9H,3,6-8H2,1-2H3,(H,15,18). The fraction of sp³-hybridized carbons (Fsp3) is 0.429. The SMILES string of the molecule is CCCNC(=O)N1CCC(=O)c2cc(C)ccc21. The molecule has 4 nitrogen and oxygen atoms in total.